The summed E-state index contributed by atoms with van der Waals surface area (Å²) in [6.07, 6.45) is 6.84. The van der Waals surface area contributed by atoms with Crippen molar-refractivity contribution in [3.63, 3.8) is 0 Å². The maximum atomic E-state index is 10.1. The van der Waals surface area contributed by atoms with Crippen molar-refractivity contribution >= 4 is 0 Å². The van der Waals surface area contributed by atoms with Crippen LogP contribution in [0.2, 0.25) is 0 Å². The fourth-order valence-electron chi connectivity index (χ4n) is 0.417. The first kappa shape index (κ1) is 8.44. The highest BCUT2D eigenvalue weighted by atomic mass is 16.3. The van der Waals surface area contributed by atoms with Crippen LogP contribution < -0.4 is 0 Å². The van der Waals surface area contributed by atoms with Crippen molar-refractivity contribution < 1.29 is 5.11 Å². The average molecular weight is 125 g/mol. The van der Waals surface area contributed by atoms with Gasteiger partial charge in [0.15, 0.2) is 0 Å². The Morgan fingerprint density at radius 3 is 2.67 bits per heavy atom. The number of hydrogen-bond acceptors (Lipinski definition) is 0. The van der Waals surface area contributed by atoms with Gasteiger partial charge in [-0.05, 0) is 18.9 Å². The van der Waals surface area contributed by atoms with Crippen LogP contribution in [-0.2, 0) is 5.11 Å². The van der Waals surface area contributed by atoms with E-state index in [1.54, 1.807) is 0 Å². The summed E-state index contributed by atoms with van der Waals surface area (Å²) < 4.78 is 0. The first-order valence-corrected chi connectivity index (χ1v) is 3.21. The first-order chi connectivity index (χ1) is 4.31. The fraction of sp³-hybridized carbons (Fsp3) is 0.500. The smallest absolute Gasteiger partial charge is 0.103 e. The Balaban J connectivity index is 3.55. The molecule has 51 valence electrons. The van der Waals surface area contributed by atoms with Crippen LogP contribution in [0.1, 0.15) is 20.3 Å². The van der Waals surface area contributed by atoms with Gasteiger partial charge < -0.3 is 0 Å². The van der Waals surface area contributed by atoms with Crippen LogP contribution in [0.15, 0.2) is 23.8 Å². The van der Waals surface area contributed by atoms with Crippen molar-refractivity contribution in [1.82, 2.24) is 0 Å². The molecule has 1 nitrogen and oxygen atoms in total. The minimum absolute atomic E-state index is 0.0892. The lowest BCUT2D eigenvalue weighted by atomic mass is 10.3. The molecule has 0 aliphatic carbocycles. The molecule has 0 aromatic carbocycles. The summed E-state index contributed by atoms with van der Waals surface area (Å²) in [5.74, 6) is 0. The molecular formula is C8H13O. The zero-order valence-corrected chi connectivity index (χ0v) is 6.05. The van der Waals surface area contributed by atoms with Crippen molar-refractivity contribution in [2.45, 2.75) is 20.3 Å². The predicted octanol–water partition coefficient (Wildman–Crippen LogP) is 2.33. The van der Waals surface area contributed by atoms with Crippen LogP contribution in [0.5, 0.6) is 0 Å². The Morgan fingerprint density at radius 1 is 1.56 bits per heavy atom. The molecule has 1 heteroatoms. The molecule has 0 atom stereocenters. The van der Waals surface area contributed by atoms with Crippen LogP contribution in [0.25, 0.3) is 0 Å². The molecule has 0 heterocycles. The predicted molar refractivity (Wildman–Crippen MR) is 38.7 cm³/mol. The van der Waals surface area contributed by atoms with E-state index in [0.717, 1.165) is 12.0 Å². The fourth-order valence-corrected chi connectivity index (χ4v) is 0.417. The van der Waals surface area contributed by atoms with E-state index in [9.17, 15) is 5.11 Å². The third-order valence-corrected chi connectivity index (χ3v) is 0.980. The lowest BCUT2D eigenvalue weighted by Crippen LogP contribution is -1.78. The number of hydrogen-bond donors (Lipinski definition) is 0. The van der Waals surface area contributed by atoms with Gasteiger partial charge in [0.05, 0.1) is 0 Å². The zero-order valence-electron chi connectivity index (χ0n) is 6.05. The summed E-state index contributed by atoms with van der Waals surface area (Å²) in [6.45, 7) is 3.82. The molecule has 0 aromatic rings. The highest BCUT2D eigenvalue weighted by molar-refractivity contribution is 5.09. The summed E-state index contributed by atoms with van der Waals surface area (Å²) in [6, 6.07) is 0. The third kappa shape index (κ3) is 5.31. The Morgan fingerprint density at radius 2 is 2.22 bits per heavy atom. The Kier molecular flexibility index (Phi) is 5.23. The molecule has 9 heavy (non-hydrogen) atoms. The minimum Gasteiger partial charge on any atom is -0.232 e. The molecule has 0 aromatic heterocycles. The molecule has 0 rings (SSSR count). The van der Waals surface area contributed by atoms with E-state index in [1.165, 1.54) is 0 Å². The molecule has 0 fully saturated rings. The molecule has 0 bridgehead atoms. The second-order valence-corrected chi connectivity index (χ2v) is 1.99. The highest BCUT2D eigenvalue weighted by Crippen LogP contribution is 1.90. The first-order valence-electron chi connectivity index (χ1n) is 3.21. The van der Waals surface area contributed by atoms with Crippen LogP contribution >= 0.6 is 0 Å². The van der Waals surface area contributed by atoms with Gasteiger partial charge in [-0.3, -0.25) is 0 Å². The number of rotatable bonds is 3. The minimum atomic E-state index is -0.0892. The van der Waals surface area contributed by atoms with Crippen LogP contribution in [-0.4, -0.2) is 6.61 Å². The summed E-state index contributed by atoms with van der Waals surface area (Å²) in [5, 5.41) is 10.1. The van der Waals surface area contributed by atoms with Crippen molar-refractivity contribution in [1.29, 1.82) is 0 Å². The molecular weight excluding hydrogens is 112 g/mol. The lowest BCUT2D eigenvalue weighted by Gasteiger charge is -1.85. The molecule has 0 aliphatic heterocycles. The molecule has 1 radical (unpaired) electrons. The van der Waals surface area contributed by atoms with Crippen LogP contribution in [0.3, 0.4) is 0 Å². The summed E-state index contributed by atoms with van der Waals surface area (Å²) in [5.41, 5.74) is 0.889. The van der Waals surface area contributed by atoms with Gasteiger partial charge in [-0.1, -0.05) is 25.2 Å². The van der Waals surface area contributed by atoms with E-state index in [2.05, 4.69) is 6.92 Å². The van der Waals surface area contributed by atoms with Gasteiger partial charge in [0.25, 0.3) is 0 Å². The van der Waals surface area contributed by atoms with Crippen molar-refractivity contribution in [2.75, 3.05) is 6.61 Å². The summed E-state index contributed by atoms with van der Waals surface area (Å²) in [7, 11) is 0. The molecule has 0 aliphatic rings. The largest absolute Gasteiger partial charge is 0.232 e. The second-order valence-electron chi connectivity index (χ2n) is 1.99. The summed E-state index contributed by atoms with van der Waals surface area (Å²) >= 11 is 0. The molecule has 0 saturated carbocycles. The van der Waals surface area contributed by atoms with Gasteiger partial charge in [0, 0.05) is 0 Å². The third-order valence-electron chi connectivity index (χ3n) is 0.980. The molecule has 0 spiro atoms. The Hall–Kier alpha value is -0.560. The van der Waals surface area contributed by atoms with E-state index in [1.807, 2.05) is 25.2 Å². The Labute approximate surface area is 56.7 Å². The maximum Gasteiger partial charge on any atom is 0.103 e. The van der Waals surface area contributed by atoms with Crippen LogP contribution in [0.4, 0.5) is 0 Å². The van der Waals surface area contributed by atoms with E-state index in [0.29, 0.717) is 0 Å². The highest BCUT2D eigenvalue weighted by Gasteiger charge is 1.79. The van der Waals surface area contributed by atoms with E-state index in [4.69, 9.17) is 0 Å². The monoisotopic (exact) mass is 125 g/mol. The van der Waals surface area contributed by atoms with Crippen molar-refractivity contribution in [3.8, 4) is 0 Å². The second kappa shape index (κ2) is 5.57. The van der Waals surface area contributed by atoms with Gasteiger partial charge in [-0.2, -0.15) is 0 Å². The van der Waals surface area contributed by atoms with Crippen molar-refractivity contribution in [3.05, 3.63) is 23.8 Å². The quantitative estimate of drug-likeness (QED) is 0.516. The molecule has 0 N–H and O–H groups in total. The van der Waals surface area contributed by atoms with E-state index >= 15 is 0 Å². The molecule has 0 amide bonds. The van der Waals surface area contributed by atoms with Gasteiger partial charge in [-0.25, -0.2) is 5.11 Å². The van der Waals surface area contributed by atoms with Gasteiger partial charge in [0.2, 0.25) is 0 Å². The lowest BCUT2D eigenvalue weighted by molar-refractivity contribution is 0.223. The maximum absolute atomic E-state index is 10.1. The van der Waals surface area contributed by atoms with E-state index < -0.39 is 0 Å². The SMILES string of the molecule is CC/C=C/C=C(\C)C[O]. The topological polar surface area (TPSA) is 19.9 Å². The standard InChI is InChI=1S/C8H13O/c1-3-4-5-6-8(2)7-9/h4-6H,3,7H2,1-2H3/b5-4+,8-6+. The summed E-state index contributed by atoms with van der Waals surface area (Å²) in [4.78, 5) is 0. The van der Waals surface area contributed by atoms with Gasteiger partial charge >= 0.3 is 0 Å². The normalized spacial score (nSPS) is 13.0. The van der Waals surface area contributed by atoms with Gasteiger partial charge in [-0.15, -0.1) is 0 Å². The Bertz CT molecular complexity index is 112. The van der Waals surface area contributed by atoms with Gasteiger partial charge in [0.1, 0.15) is 6.61 Å². The van der Waals surface area contributed by atoms with Crippen molar-refractivity contribution in [2.24, 2.45) is 0 Å². The molecule has 0 unspecified atom stereocenters. The number of allylic oxidation sites excluding steroid dienone is 3. The average Bonchev–Trinajstić information content (AvgIpc) is 1.89. The van der Waals surface area contributed by atoms with E-state index in [-0.39, 0.29) is 6.61 Å². The zero-order chi connectivity index (χ0) is 7.11. The van der Waals surface area contributed by atoms with Crippen LogP contribution in [0, 0.1) is 0 Å². The molecule has 0 saturated heterocycles.